The van der Waals surface area contributed by atoms with Gasteiger partial charge in [0.15, 0.2) is 4.34 Å². The molecular formula is C23H19BrN4O3S3. The Kier molecular flexibility index (Phi) is 7.99. The molecule has 0 aliphatic heterocycles. The van der Waals surface area contributed by atoms with E-state index in [4.69, 9.17) is 0 Å². The standard InChI is InChI=1S/C23H19BrN4O3S3/c24-18-10-7-11-19(14-18)28(34(30,31)20-12-5-2-6-13-20)15-21(29)25-22-26-27-23(33-22)32-16-17-8-3-1-4-9-17/h1-14H,15-16H2,(H,25,26,29). The van der Waals surface area contributed by atoms with Gasteiger partial charge in [-0.15, -0.1) is 10.2 Å². The number of amides is 1. The highest BCUT2D eigenvalue weighted by Gasteiger charge is 2.27. The number of hydrogen-bond donors (Lipinski definition) is 1. The molecule has 7 nitrogen and oxygen atoms in total. The number of anilines is 2. The summed E-state index contributed by atoms with van der Waals surface area (Å²) in [4.78, 5) is 12.9. The van der Waals surface area contributed by atoms with Crippen molar-refractivity contribution in [1.29, 1.82) is 0 Å². The summed E-state index contributed by atoms with van der Waals surface area (Å²) in [7, 11) is -3.98. The molecule has 0 spiro atoms. The lowest BCUT2D eigenvalue weighted by Gasteiger charge is -2.24. The van der Waals surface area contributed by atoms with Gasteiger partial charge in [0, 0.05) is 10.2 Å². The number of sulfonamides is 1. The van der Waals surface area contributed by atoms with E-state index in [0.29, 0.717) is 19.6 Å². The number of nitrogens with one attached hydrogen (secondary N) is 1. The Balaban J connectivity index is 1.49. The van der Waals surface area contributed by atoms with Crippen LogP contribution in [0.2, 0.25) is 0 Å². The molecule has 0 saturated heterocycles. The van der Waals surface area contributed by atoms with Gasteiger partial charge in [0.2, 0.25) is 11.0 Å². The molecule has 0 atom stereocenters. The van der Waals surface area contributed by atoms with E-state index < -0.39 is 22.5 Å². The summed E-state index contributed by atoms with van der Waals surface area (Å²) in [6.45, 7) is -0.417. The third-order valence-electron chi connectivity index (χ3n) is 4.57. The van der Waals surface area contributed by atoms with Gasteiger partial charge in [-0.1, -0.05) is 93.6 Å². The molecule has 0 aliphatic rings. The Bertz CT molecular complexity index is 1370. The summed E-state index contributed by atoms with van der Waals surface area (Å²) < 4.78 is 29.2. The molecule has 0 radical (unpaired) electrons. The van der Waals surface area contributed by atoms with Gasteiger partial charge in [-0.05, 0) is 35.9 Å². The van der Waals surface area contributed by atoms with Gasteiger partial charge in [0.1, 0.15) is 6.54 Å². The molecule has 0 bridgehead atoms. The first-order valence-corrected chi connectivity index (χ1v) is 14.1. The van der Waals surface area contributed by atoms with Crippen LogP contribution in [0.25, 0.3) is 0 Å². The van der Waals surface area contributed by atoms with Gasteiger partial charge in [-0.2, -0.15) is 0 Å². The van der Waals surface area contributed by atoms with Crippen molar-refractivity contribution in [3.63, 3.8) is 0 Å². The Labute approximate surface area is 214 Å². The smallest absolute Gasteiger partial charge is 0.264 e. The minimum absolute atomic E-state index is 0.0956. The molecule has 1 aromatic heterocycles. The topological polar surface area (TPSA) is 92.3 Å². The van der Waals surface area contributed by atoms with E-state index in [0.717, 1.165) is 15.6 Å². The van der Waals surface area contributed by atoms with Crippen LogP contribution < -0.4 is 9.62 Å². The second kappa shape index (κ2) is 11.1. The fourth-order valence-electron chi connectivity index (χ4n) is 2.99. The van der Waals surface area contributed by atoms with Crippen molar-refractivity contribution in [3.05, 3.63) is 95.0 Å². The summed E-state index contributed by atoms with van der Waals surface area (Å²) in [6.07, 6.45) is 0. The van der Waals surface area contributed by atoms with E-state index >= 15 is 0 Å². The molecule has 4 aromatic rings. The summed E-state index contributed by atoms with van der Waals surface area (Å²) in [6, 6.07) is 24.8. The minimum atomic E-state index is -3.98. The first-order valence-electron chi connectivity index (χ1n) is 10.1. The quantitative estimate of drug-likeness (QED) is 0.212. The SMILES string of the molecule is O=C(CN(c1cccc(Br)c1)S(=O)(=O)c1ccccc1)Nc1nnc(SCc2ccccc2)s1. The second-order valence-corrected chi connectivity index (χ2v) is 12.0. The number of halogens is 1. The maximum atomic E-state index is 13.4. The molecule has 4 rings (SSSR count). The van der Waals surface area contributed by atoms with E-state index in [-0.39, 0.29) is 4.90 Å². The van der Waals surface area contributed by atoms with E-state index in [1.807, 2.05) is 30.3 Å². The van der Waals surface area contributed by atoms with Crippen molar-refractivity contribution in [2.24, 2.45) is 0 Å². The highest BCUT2D eigenvalue weighted by atomic mass is 79.9. The average molecular weight is 576 g/mol. The molecule has 34 heavy (non-hydrogen) atoms. The minimum Gasteiger partial charge on any atom is -0.299 e. The second-order valence-electron chi connectivity index (χ2n) is 7.00. The Morgan fingerprint density at radius 3 is 2.38 bits per heavy atom. The number of hydrogen-bond acceptors (Lipinski definition) is 7. The van der Waals surface area contributed by atoms with Crippen LogP contribution >= 0.6 is 39.0 Å². The number of thioether (sulfide) groups is 1. The van der Waals surface area contributed by atoms with Gasteiger partial charge >= 0.3 is 0 Å². The van der Waals surface area contributed by atoms with Crippen molar-refractivity contribution < 1.29 is 13.2 Å². The number of nitrogens with zero attached hydrogens (tertiary/aromatic N) is 3. The van der Waals surface area contributed by atoms with Crippen LogP contribution in [0.4, 0.5) is 10.8 Å². The van der Waals surface area contributed by atoms with Crippen LogP contribution in [-0.4, -0.2) is 31.1 Å². The number of aromatic nitrogens is 2. The molecule has 11 heteroatoms. The van der Waals surface area contributed by atoms with E-state index in [1.54, 1.807) is 42.5 Å². The Morgan fingerprint density at radius 1 is 0.971 bits per heavy atom. The van der Waals surface area contributed by atoms with Crippen molar-refractivity contribution in [3.8, 4) is 0 Å². The lowest BCUT2D eigenvalue weighted by atomic mass is 10.2. The number of rotatable bonds is 9. The fourth-order valence-corrected chi connectivity index (χ4v) is 6.54. The maximum Gasteiger partial charge on any atom is 0.264 e. The molecule has 1 amide bonds. The van der Waals surface area contributed by atoms with Gasteiger partial charge < -0.3 is 0 Å². The van der Waals surface area contributed by atoms with Gasteiger partial charge in [0.25, 0.3) is 10.0 Å². The molecule has 0 aliphatic carbocycles. The number of carbonyl (C=O) groups is 1. The number of benzene rings is 3. The largest absolute Gasteiger partial charge is 0.299 e. The Hall–Kier alpha value is -2.73. The summed E-state index contributed by atoms with van der Waals surface area (Å²) in [5.41, 5.74) is 1.52. The summed E-state index contributed by atoms with van der Waals surface area (Å²) in [5, 5.41) is 11.1. The normalized spacial score (nSPS) is 11.2. The van der Waals surface area contributed by atoms with E-state index in [9.17, 15) is 13.2 Å². The van der Waals surface area contributed by atoms with Gasteiger partial charge in [0.05, 0.1) is 10.6 Å². The van der Waals surface area contributed by atoms with Crippen LogP contribution in [0, 0.1) is 0 Å². The lowest BCUT2D eigenvalue weighted by molar-refractivity contribution is -0.114. The molecule has 0 fully saturated rings. The predicted molar refractivity (Wildman–Crippen MR) is 140 cm³/mol. The molecule has 1 heterocycles. The van der Waals surface area contributed by atoms with Crippen molar-refractivity contribution in [2.75, 3.05) is 16.2 Å². The fraction of sp³-hybridized carbons (Fsp3) is 0.0870. The predicted octanol–water partition coefficient (Wildman–Crippen LogP) is 5.43. The molecular weight excluding hydrogens is 556 g/mol. The average Bonchev–Trinajstić information content (AvgIpc) is 3.29. The summed E-state index contributed by atoms with van der Waals surface area (Å²) >= 11 is 6.13. The van der Waals surface area contributed by atoms with Crippen molar-refractivity contribution >= 4 is 65.8 Å². The maximum absolute atomic E-state index is 13.4. The van der Waals surface area contributed by atoms with Crippen LogP contribution in [0.15, 0.2) is 98.6 Å². The third-order valence-corrected chi connectivity index (χ3v) is 8.90. The van der Waals surface area contributed by atoms with Crippen molar-refractivity contribution in [1.82, 2.24) is 10.2 Å². The monoisotopic (exact) mass is 574 g/mol. The molecule has 0 saturated carbocycles. The van der Waals surface area contributed by atoms with Gasteiger partial charge in [-0.25, -0.2) is 8.42 Å². The molecule has 174 valence electrons. The zero-order valence-corrected chi connectivity index (χ0v) is 21.7. The first-order chi connectivity index (χ1) is 16.4. The Morgan fingerprint density at radius 2 is 1.68 bits per heavy atom. The molecule has 1 N–H and O–H groups in total. The van der Waals surface area contributed by atoms with Crippen LogP contribution in [0.5, 0.6) is 0 Å². The first kappa shape index (κ1) is 24.4. The lowest BCUT2D eigenvalue weighted by Crippen LogP contribution is -2.38. The third kappa shape index (κ3) is 6.23. The van der Waals surface area contributed by atoms with Gasteiger partial charge in [-0.3, -0.25) is 14.4 Å². The summed E-state index contributed by atoms with van der Waals surface area (Å²) in [5.74, 6) is 0.213. The zero-order valence-electron chi connectivity index (χ0n) is 17.7. The molecule has 3 aromatic carbocycles. The van der Waals surface area contributed by atoms with Crippen LogP contribution in [0.3, 0.4) is 0 Å². The van der Waals surface area contributed by atoms with E-state index in [2.05, 4.69) is 31.4 Å². The van der Waals surface area contributed by atoms with Crippen LogP contribution in [-0.2, 0) is 20.6 Å². The highest BCUT2D eigenvalue weighted by molar-refractivity contribution is 9.10. The molecule has 0 unspecified atom stereocenters. The highest BCUT2D eigenvalue weighted by Crippen LogP contribution is 2.29. The zero-order chi connectivity index (χ0) is 24.0. The van der Waals surface area contributed by atoms with Crippen molar-refractivity contribution in [2.45, 2.75) is 15.0 Å². The van der Waals surface area contributed by atoms with Crippen LogP contribution in [0.1, 0.15) is 5.56 Å². The number of carbonyl (C=O) groups excluding carboxylic acids is 1. The van der Waals surface area contributed by atoms with E-state index in [1.165, 1.54) is 35.2 Å².